The van der Waals surface area contributed by atoms with Crippen molar-refractivity contribution in [3.8, 4) is 40.0 Å². The van der Waals surface area contributed by atoms with Crippen LogP contribution in [-0.2, 0) is 0 Å². The van der Waals surface area contributed by atoms with Gasteiger partial charge in [-0.05, 0) is 0 Å². The Balaban J connectivity index is 2.08. The van der Waals surface area contributed by atoms with Crippen LogP contribution in [0.15, 0.2) is 48.8 Å². The van der Waals surface area contributed by atoms with Crippen LogP contribution in [-0.4, -0.2) is 59.0 Å². The lowest BCUT2D eigenvalue weighted by atomic mass is 10.2. The second kappa shape index (κ2) is 9.57. The molecule has 176 valence electrons. The van der Waals surface area contributed by atoms with E-state index in [9.17, 15) is 14.7 Å². The van der Waals surface area contributed by atoms with Crippen LogP contribution >= 0.6 is 24.5 Å². The fourth-order valence-corrected chi connectivity index (χ4v) is 3.64. The zero-order valence-corrected chi connectivity index (χ0v) is 18.7. The van der Waals surface area contributed by atoms with Gasteiger partial charge in [0.25, 0.3) is 0 Å². The Morgan fingerprint density at radius 3 is 1.18 bits per heavy atom. The summed E-state index contributed by atoms with van der Waals surface area (Å²) < 4.78 is 14.0. The third-order valence-electron chi connectivity index (χ3n) is 3.47. The molecule has 0 saturated carbocycles. The van der Waals surface area contributed by atoms with E-state index in [2.05, 4.69) is 24.0 Å². The number of hydrogen-bond acceptors (Lipinski definition) is 15. The molecule has 3 rings (SSSR count). The summed E-state index contributed by atoms with van der Waals surface area (Å²) in [5.74, 6) is -0.670. The van der Waals surface area contributed by atoms with Gasteiger partial charge in [-0.3, -0.25) is 23.5 Å². The molecule has 3 heterocycles. The molecule has 0 bridgehead atoms. The third-order valence-corrected chi connectivity index (χ3v) is 4.84. The minimum absolute atomic E-state index is 0.0133. The molecule has 0 saturated heterocycles. The zero-order valence-electron chi connectivity index (χ0n) is 16.1. The van der Waals surface area contributed by atoms with Crippen molar-refractivity contribution in [3.05, 3.63) is 48.8 Å². The molecule has 0 aliphatic heterocycles. The Bertz CT molecular complexity index is 1060. The van der Waals surface area contributed by atoms with Crippen molar-refractivity contribution >= 4 is 24.5 Å². The Morgan fingerprint density at radius 2 is 0.818 bits per heavy atom. The van der Waals surface area contributed by atoms with E-state index in [0.717, 1.165) is 12.1 Å². The standard InChI is InChI=1S/C15H17N3O12P3/c19-31(20,21)28-9-1-3-16-12(5-9)14-7-11(30-33(25,26)27)8-15(18-14)13-6-10(2-4-17-13)29-32(22,23)24/h1-8,19-27H/q+3. The Hall–Kier alpha value is -2.22. The topological polar surface area (TPSA) is 248 Å². The van der Waals surface area contributed by atoms with E-state index in [4.69, 9.17) is 33.9 Å². The molecule has 0 aromatic carbocycles. The minimum Gasteiger partial charge on any atom is -0.261 e. The van der Waals surface area contributed by atoms with Gasteiger partial charge in [0, 0.05) is 48.8 Å². The van der Waals surface area contributed by atoms with Crippen molar-refractivity contribution < 1.29 is 57.6 Å². The first-order valence-electron chi connectivity index (χ1n) is 8.42. The van der Waals surface area contributed by atoms with Gasteiger partial charge in [0.2, 0.25) is 0 Å². The summed E-state index contributed by atoms with van der Waals surface area (Å²) in [5.41, 5.74) is 0.0360. The largest absolute Gasteiger partial charge is 0.613 e. The van der Waals surface area contributed by atoms with Gasteiger partial charge in [0.1, 0.15) is 0 Å². The molecule has 18 heteroatoms. The predicted octanol–water partition coefficient (Wildman–Crippen LogP) is 0.305. The van der Waals surface area contributed by atoms with Gasteiger partial charge in [-0.2, -0.15) is 44.0 Å². The molecule has 0 spiro atoms. The molecule has 15 nitrogen and oxygen atoms in total. The molecule has 0 radical (unpaired) electrons. The van der Waals surface area contributed by atoms with Gasteiger partial charge in [-0.25, -0.2) is 4.98 Å². The quantitative estimate of drug-likeness (QED) is 0.180. The van der Waals surface area contributed by atoms with Gasteiger partial charge in [-0.1, -0.05) is 0 Å². The second-order valence-electron chi connectivity index (χ2n) is 6.14. The van der Waals surface area contributed by atoms with Crippen LogP contribution in [0.2, 0.25) is 0 Å². The molecule has 0 aliphatic carbocycles. The first-order valence-corrected chi connectivity index (χ1v) is 13.1. The van der Waals surface area contributed by atoms with Crippen molar-refractivity contribution in [2.75, 3.05) is 0 Å². The van der Waals surface area contributed by atoms with E-state index in [-0.39, 0.29) is 40.0 Å². The highest BCUT2D eigenvalue weighted by molar-refractivity contribution is 7.54. The van der Waals surface area contributed by atoms with Crippen molar-refractivity contribution in [1.29, 1.82) is 0 Å². The van der Waals surface area contributed by atoms with E-state index in [1.54, 1.807) is 0 Å². The summed E-state index contributed by atoms with van der Waals surface area (Å²) in [5, 5.41) is 0. The number of pyridine rings is 3. The molecule has 9 N–H and O–H groups in total. The van der Waals surface area contributed by atoms with E-state index < -0.39 is 24.5 Å². The highest BCUT2D eigenvalue weighted by atomic mass is 31.2. The highest BCUT2D eigenvalue weighted by Gasteiger charge is 2.37. The fourth-order valence-electron chi connectivity index (χ4n) is 2.46. The van der Waals surface area contributed by atoms with Crippen LogP contribution in [0, 0.1) is 0 Å². The number of nitrogens with zero attached hydrogens (tertiary/aromatic N) is 3. The molecule has 0 aliphatic rings. The lowest BCUT2D eigenvalue weighted by molar-refractivity contribution is 0.235. The van der Waals surface area contributed by atoms with E-state index in [1.807, 2.05) is 0 Å². The lowest BCUT2D eigenvalue weighted by Gasteiger charge is -2.10. The molecule has 3 aromatic heterocycles. The van der Waals surface area contributed by atoms with Crippen molar-refractivity contribution in [1.82, 2.24) is 15.0 Å². The lowest BCUT2D eigenvalue weighted by Crippen LogP contribution is -2.01. The van der Waals surface area contributed by atoms with Crippen LogP contribution in [0.1, 0.15) is 0 Å². The van der Waals surface area contributed by atoms with Crippen LogP contribution in [0.25, 0.3) is 22.8 Å². The molecule has 0 fully saturated rings. The fraction of sp³-hybridized carbons (Fsp3) is 0. The summed E-state index contributed by atoms with van der Waals surface area (Å²) in [6, 6.07) is 7.06. The van der Waals surface area contributed by atoms with Crippen LogP contribution in [0.3, 0.4) is 0 Å². The van der Waals surface area contributed by atoms with E-state index in [0.29, 0.717) is 0 Å². The number of hydrogen-bond donors (Lipinski definition) is 9. The number of rotatable bonds is 8. The van der Waals surface area contributed by atoms with Crippen LogP contribution < -0.4 is 13.6 Å². The Labute approximate surface area is 186 Å². The molecule has 33 heavy (non-hydrogen) atoms. The maximum atomic E-state index is 9.29. The summed E-state index contributed by atoms with van der Waals surface area (Å²) in [7, 11) is -14.0. The average molecular weight is 524 g/mol. The Morgan fingerprint density at radius 1 is 0.485 bits per heavy atom. The monoisotopic (exact) mass is 524 g/mol. The van der Waals surface area contributed by atoms with Gasteiger partial charge in [0.05, 0.1) is 22.8 Å². The van der Waals surface area contributed by atoms with Crippen molar-refractivity contribution in [2.45, 2.75) is 0 Å². The maximum Gasteiger partial charge on any atom is 0.613 e. The Kier molecular flexibility index (Phi) is 7.36. The normalized spacial score (nSPS) is 12.4. The third kappa shape index (κ3) is 8.25. The van der Waals surface area contributed by atoms with E-state index in [1.165, 1.54) is 36.7 Å². The molecular formula is C15H17N3O12P3+3. The number of aromatic nitrogens is 3. The zero-order chi connectivity index (χ0) is 24.4. The SMILES string of the molecule is O[P+](O)(O)Oc1ccnc(-c2cc(O[P+](O)(O)O)cc(-c3cc(O[P+](O)(O)O)ccn3)n2)c1. The van der Waals surface area contributed by atoms with Gasteiger partial charge in [-0.15, -0.1) is 0 Å². The van der Waals surface area contributed by atoms with Crippen molar-refractivity contribution in [3.63, 3.8) is 0 Å². The molecular weight excluding hydrogens is 507 g/mol. The highest BCUT2D eigenvalue weighted by Crippen LogP contribution is 2.49. The second-order valence-corrected chi connectivity index (χ2v) is 9.77. The van der Waals surface area contributed by atoms with Gasteiger partial charge in [0.15, 0.2) is 17.2 Å². The summed E-state index contributed by atoms with van der Waals surface area (Å²) in [6.45, 7) is 0. The van der Waals surface area contributed by atoms with E-state index >= 15 is 0 Å². The summed E-state index contributed by atoms with van der Waals surface area (Å²) in [4.78, 5) is 94.8. The van der Waals surface area contributed by atoms with Crippen LogP contribution in [0.4, 0.5) is 0 Å². The summed E-state index contributed by atoms with van der Waals surface area (Å²) >= 11 is 0. The van der Waals surface area contributed by atoms with Gasteiger partial charge >= 0.3 is 24.5 Å². The molecule has 3 aromatic rings. The maximum absolute atomic E-state index is 9.29. The summed E-state index contributed by atoms with van der Waals surface area (Å²) in [6.07, 6.45) is 2.38. The predicted molar refractivity (Wildman–Crippen MR) is 113 cm³/mol. The molecule has 0 unspecified atom stereocenters. The first kappa shape index (κ1) is 25.4. The molecule has 0 amide bonds. The van der Waals surface area contributed by atoms with Crippen LogP contribution in [0.5, 0.6) is 17.2 Å². The first-order chi connectivity index (χ1) is 15.2. The minimum atomic E-state index is -4.74. The van der Waals surface area contributed by atoms with Crippen molar-refractivity contribution in [2.24, 2.45) is 0 Å². The molecule has 0 atom stereocenters. The van der Waals surface area contributed by atoms with Gasteiger partial charge < -0.3 is 0 Å². The smallest absolute Gasteiger partial charge is 0.261 e. The average Bonchev–Trinajstić information content (AvgIpc) is 2.64.